The van der Waals surface area contributed by atoms with E-state index in [4.69, 9.17) is 4.74 Å². The summed E-state index contributed by atoms with van der Waals surface area (Å²) < 4.78 is 7.37. The van der Waals surface area contributed by atoms with Crippen LogP contribution < -0.4 is 10.1 Å². The number of anilines is 1. The number of benzene rings is 3. The highest BCUT2D eigenvalue weighted by molar-refractivity contribution is 7.99. The van der Waals surface area contributed by atoms with Gasteiger partial charge in [-0.25, -0.2) is 0 Å². The first-order valence-electron chi connectivity index (χ1n) is 11.3. The smallest absolute Gasteiger partial charge is 0.234 e. The molecule has 180 valence electrons. The SMILES string of the molecule is CCn1c(SCC(=O)Nc2cccc3c2C(=O)c2ccccc2C3=O)nnc1-c1ccccc1OC. The Balaban J connectivity index is 1.35. The first kappa shape index (κ1) is 23.5. The van der Waals surface area contributed by atoms with Gasteiger partial charge in [-0.3, -0.25) is 14.4 Å². The van der Waals surface area contributed by atoms with Crippen LogP contribution in [0.5, 0.6) is 5.75 Å². The maximum atomic E-state index is 13.2. The molecule has 36 heavy (non-hydrogen) atoms. The Hall–Kier alpha value is -4.24. The van der Waals surface area contributed by atoms with Gasteiger partial charge in [0.05, 0.1) is 29.7 Å². The number of aromatic nitrogens is 3. The molecular weight excluding hydrogens is 476 g/mol. The maximum Gasteiger partial charge on any atom is 0.234 e. The summed E-state index contributed by atoms with van der Waals surface area (Å²) in [4.78, 5) is 39.0. The molecule has 0 saturated carbocycles. The highest BCUT2D eigenvalue weighted by Crippen LogP contribution is 2.33. The van der Waals surface area contributed by atoms with E-state index in [1.807, 2.05) is 35.8 Å². The predicted molar refractivity (Wildman–Crippen MR) is 137 cm³/mol. The largest absolute Gasteiger partial charge is 0.496 e. The lowest BCUT2D eigenvalue weighted by molar-refractivity contribution is -0.113. The van der Waals surface area contributed by atoms with Crippen LogP contribution in [0.3, 0.4) is 0 Å². The second kappa shape index (κ2) is 9.79. The summed E-state index contributed by atoms with van der Waals surface area (Å²) in [7, 11) is 1.60. The Morgan fingerprint density at radius 2 is 1.56 bits per heavy atom. The van der Waals surface area contributed by atoms with Crippen molar-refractivity contribution in [3.63, 3.8) is 0 Å². The number of hydrogen-bond donors (Lipinski definition) is 1. The Morgan fingerprint density at radius 3 is 2.28 bits per heavy atom. The van der Waals surface area contributed by atoms with Gasteiger partial charge in [0.25, 0.3) is 0 Å². The van der Waals surface area contributed by atoms with Crippen molar-refractivity contribution in [3.05, 3.63) is 89.0 Å². The van der Waals surface area contributed by atoms with Gasteiger partial charge in [0.1, 0.15) is 5.75 Å². The number of nitrogens with zero attached hydrogens (tertiary/aromatic N) is 3. The lowest BCUT2D eigenvalue weighted by atomic mass is 9.83. The number of carbonyl (C=O) groups excluding carboxylic acids is 3. The lowest BCUT2D eigenvalue weighted by Gasteiger charge is -2.20. The van der Waals surface area contributed by atoms with Gasteiger partial charge in [-0.1, -0.05) is 60.3 Å². The van der Waals surface area contributed by atoms with Gasteiger partial charge < -0.3 is 14.6 Å². The molecule has 0 bridgehead atoms. The second-order valence-corrected chi connectivity index (χ2v) is 8.96. The van der Waals surface area contributed by atoms with Crippen LogP contribution in [-0.4, -0.2) is 45.1 Å². The zero-order valence-electron chi connectivity index (χ0n) is 19.6. The Labute approximate surface area is 211 Å². The molecule has 0 radical (unpaired) electrons. The number of methoxy groups -OCH3 is 1. The number of para-hydroxylation sites is 1. The van der Waals surface area contributed by atoms with Gasteiger partial charge in [-0.2, -0.15) is 0 Å². The first-order chi connectivity index (χ1) is 17.5. The highest BCUT2D eigenvalue weighted by Gasteiger charge is 2.31. The third-order valence-corrected chi connectivity index (χ3v) is 6.91. The molecule has 0 atom stereocenters. The van der Waals surface area contributed by atoms with E-state index in [1.54, 1.807) is 49.6 Å². The van der Waals surface area contributed by atoms with Crippen LogP contribution in [0.25, 0.3) is 11.4 Å². The molecule has 1 aromatic heterocycles. The van der Waals surface area contributed by atoms with E-state index in [2.05, 4.69) is 15.5 Å². The van der Waals surface area contributed by atoms with Crippen molar-refractivity contribution >= 4 is 34.9 Å². The number of hydrogen-bond acceptors (Lipinski definition) is 7. The van der Waals surface area contributed by atoms with Crippen molar-refractivity contribution in [1.29, 1.82) is 0 Å². The summed E-state index contributed by atoms with van der Waals surface area (Å²) in [6.07, 6.45) is 0. The summed E-state index contributed by atoms with van der Waals surface area (Å²) in [6.45, 7) is 2.58. The quantitative estimate of drug-likeness (QED) is 0.330. The van der Waals surface area contributed by atoms with E-state index in [1.165, 1.54) is 11.8 Å². The van der Waals surface area contributed by atoms with E-state index in [0.717, 1.165) is 5.56 Å². The third-order valence-electron chi connectivity index (χ3n) is 5.94. The van der Waals surface area contributed by atoms with Gasteiger partial charge in [0.15, 0.2) is 22.5 Å². The molecule has 0 aliphatic heterocycles. The summed E-state index contributed by atoms with van der Waals surface area (Å²) in [5.74, 6) is 0.548. The van der Waals surface area contributed by atoms with Crippen molar-refractivity contribution in [2.24, 2.45) is 0 Å². The van der Waals surface area contributed by atoms with Crippen molar-refractivity contribution in [2.75, 3.05) is 18.2 Å². The minimum atomic E-state index is -0.322. The number of thioether (sulfide) groups is 1. The van der Waals surface area contributed by atoms with Crippen LogP contribution in [-0.2, 0) is 11.3 Å². The Bertz CT molecular complexity index is 1510. The summed E-state index contributed by atoms with van der Waals surface area (Å²) >= 11 is 1.24. The molecule has 5 rings (SSSR count). The molecule has 3 aromatic carbocycles. The van der Waals surface area contributed by atoms with E-state index >= 15 is 0 Å². The number of fused-ring (bicyclic) bond motifs is 2. The van der Waals surface area contributed by atoms with Crippen LogP contribution in [0, 0.1) is 0 Å². The molecule has 9 heteroatoms. The first-order valence-corrected chi connectivity index (χ1v) is 12.3. The molecule has 0 spiro atoms. The van der Waals surface area contributed by atoms with Gasteiger partial charge in [0.2, 0.25) is 5.91 Å². The molecule has 1 aliphatic carbocycles. The summed E-state index contributed by atoms with van der Waals surface area (Å²) in [5.41, 5.74) is 2.35. The van der Waals surface area contributed by atoms with Crippen molar-refractivity contribution < 1.29 is 19.1 Å². The van der Waals surface area contributed by atoms with Crippen LogP contribution in [0.15, 0.2) is 71.9 Å². The number of amides is 1. The normalized spacial score (nSPS) is 12.2. The van der Waals surface area contributed by atoms with Crippen LogP contribution in [0.2, 0.25) is 0 Å². The van der Waals surface area contributed by atoms with Crippen LogP contribution in [0.1, 0.15) is 38.8 Å². The van der Waals surface area contributed by atoms with E-state index in [0.29, 0.717) is 40.1 Å². The number of ketones is 2. The van der Waals surface area contributed by atoms with Gasteiger partial charge in [-0.05, 0) is 25.1 Å². The van der Waals surface area contributed by atoms with Crippen molar-refractivity contribution in [1.82, 2.24) is 14.8 Å². The number of ether oxygens (including phenoxy) is 1. The summed E-state index contributed by atoms with van der Waals surface area (Å²) in [5, 5.41) is 12.0. The molecule has 4 aromatic rings. The summed E-state index contributed by atoms with van der Waals surface area (Å²) in [6, 6.07) is 19.2. The van der Waals surface area contributed by atoms with Gasteiger partial charge in [-0.15, -0.1) is 10.2 Å². The predicted octanol–water partition coefficient (Wildman–Crippen LogP) is 4.48. The topological polar surface area (TPSA) is 103 Å². The van der Waals surface area contributed by atoms with Gasteiger partial charge >= 0.3 is 0 Å². The number of carbonyl (C=O) groups is 3. The molecule has 1 N–H and O–H groups in total. The third kappa shape index (κ3) is 4.07. The zero-order valence-corrected chi connectivity index (χ0v) is 20.5. The number of rotatable bonds is 7. The molecule has 1 aliphatic rings. The lowest BCUT2D eigenvalue weighted by Crippen LogP contribution is -2.24. The Morgan fingerprint density at radius 1 is 0.889 bits per heavy atom. The number of nitrogens with one attached hydrogen (secondary N) is 1. The standard InChI is InChI=1S/C27H22N4O4S/c1-3-31-26(18-11-6-7-14-21(18)35-2)29-30-27(31)36-15-22(32)28-20-13-8-12-19-23(20)25(34)17-10-5-4-9-16(17)24(19)33/h4-14H,3,15H2,1-2H3,(H,28,32). The van der Waals surface area contributed by atoms with Gasteiger partial charge in [0, 0.05) is 23.2 Å². The van der Waals surface area contributed by atoms with E-state index < -0.39 is 0 Å². The highest BCUT2D eigenvalue weighted by atomic mass is 32.2. The fourth-order valence-electron chi connectivity index (χ4n) is 4.27. The molecule has 1 amide bonds. The zero-order chi connectivity index (χ0) is 25.2. The van der Waals surface area contributed by atoms with Crippen molar-refractivity contribution in [3.8, 4) is 17.1 Å². The minimum absolute atomic E-state index is 0.0481. The van der Waals surface area contributed by atoms with Crippen molar-refractivity contribution in [2.45, 2.75) is 18.6 Å². The fourth-order valence-corrected chi connectivity index (χ4v) is 5.08. The Kier molecular flexibility index (Phi) is 6.39. The molecule has 0 unspecified atom stereocenters. The maximum absolute atomic E-state index is 13.2. The second-order valence-electron chi connectivity index (χ2n) is 8.02. The van der Waals surface area contributed by atoms with E-state index in [9.17, 15) is 14.4 Å². The fraction of sp³-hybridized carbons (Fsp3) is 0.148. The average molecular weight is 499 g/mol. The molecular formula is C27H22N4O4S. The molecule has 1 heterocycles. The minimum Gasteiger partial charge on any atom is -0.496 e. The van der Waals surface area contributed by atoms with Crippen LogP contribution >= 0.6 is 11.8 Å². The molecule has 0 saturated heterocycles. The average Bonchev–Trinajstić information content (AvgIpc) is 3.33. The van der Waals surface area contributed by atoms with E-state index in [-0.39, 0.29) is 34.4 Å². The molecule has 0 fully saturated rings. The monoisotopic (exact) mass is 498 g/mol. The molecule has 8 nitrogen and oxygen atoms in total. The van der Waals surface area contributed by atoms with Crippen LogP contribution in [0.4, 0.5) is 5.69 Å².